The van der Waals surface area contributed by atoms with Crippen LogP contribution in [0.1, 0.15) is 11.3 Å². The number of anilines is 1. The number of rotatable bonds is 4. The molecule has 0 saturated carbocycles. The molecule has 0 saturated heterocycles. The normalized spacial score (nSPS) is 11.6. The van der Waals surface area contributed by atoms with Crippen LogP contribution in [0, 0.1) is 12.7 Å². The molecule has 1 aromatic carbocycles. The van der Waals surface area contributed by atoms with Gasteiger partial charge in [0, 0.05) is 19.8 Å². The molecule has 0 unspecified atom stereocenters. The summed E-state index contributed by atoms with van der Waals surface area (Å²) in [5, 5.41) is 4.04. The topological polar surface area (TPSA) is 90.0 Å². The van der Waals surface area contributed by atoms with Gasteiger partial charge in [0.1, 0.15) is 5.82 Å². The number of hydrogen-bond donors (Lipinski definition) is 2. The van der Waals surface area contributed by atoms with Crippen LogP contribution in [0.5, 0.6) is 0 Å². The van der Waals surface area contributed by atoms with Gasteiger partial charge in [0.15, 0.2) is 0 Å². The highest BCUT2D eigenvalue weighted by Crippen LogP contribution is 2.22. The molecule has 0 aliphatic rings. The molecule has 1 heterocycles. The van der Waals surface area contributed by atoms with Crippen molar-refractivity contribution in [1.82, 2.24) is 9.78 Å². The largest absolute Gasteiger partial charge is 0.326 e. The number of nitrogens with one attached hydrogen (secondary N) is 1. The fourth-order valence-electron chi connectivity index (χ4n) is 1.85. The molecule has 108 valence electrons. The summed E-state index contributed by atoms with van der Waals surface area (Å²) in [6.07, 6.45) is 1.54. The number of nitrogens with zero attached hydrogens (tertiary/aromatic N) is 2. The van der Waals surface area contributed by atoms with E-state index in [0.29, 0.717) is 16.9 Å². The number of halogens is 1. The molecule has 8 heteroatoms. The molecule has 2 aromatic rings. The van der Waals surface area contributed by atoms with E-state index < -0.39 is 15.8 Å². The molecule has 0 aliphatic carbocycles. The van der Waals surface area contributed by atoms with E-state index in [0.717, 1.165) is 6.07 Å². The maximum atomic E-state index is 13.3. The number of aromatic nitrogens is 2. The molecule has 0 radical (unpaired) electrons. The van der Waals surface area contributed by atoms with Crippen LogP contribution in [0.15, 0.2) is 29.3 Å². The Morgan fingerprint density at radius 3 is 2.70 bits per heavy atom. The summed E-state index contributed by atoms with van der Waals surface area (Å²) in [5.74, 6) is -0.634. The molecule has 20 heavy (non-hydrogen) atoms. The summed E-state index contributed by atoms with van der Waals surface area (Å²) < 4.78 is 41.8. The van der Waals surface area contributed by atoms with Crippen LogP contribution in [-0.2, 0) is 23.6 Å². The maximum absolute atomic E-state index is 13.3. The van der Waals surface area contributed by atoms with Crippen molar-refractivity contribution in [2.45, 2.75) is 18.4 Å². The third-order valence-electron chi connectivity index (χ3n) is 2.80. The Kier molecular flexibility index (Phi) is 3.78. The second-order valence-electron chi connectivity index (χ2n) is 4.36. The average Bonchev–Trinajstić information content (AvgIpc) is 2.67. The van der Waals surface area contributed by atoms with E-state index in [4.69, 9.17) is 5.73 Å². The molecule has 6 nitrogen and oxygen atoms in total. The van der Waals surface area contributed by atoms with Gasteiger partial charge in [0.25, 0.3) is 10.0 Å². The first-order valence-corrected chi connectivity index (χ1v) is 7.33. The smallest absolute Gasteiger partial charge is 0.262 e. The second-order valence-corrected chi connectivity index (χ2v) is 6.01. The zero-order valence-corrected chi connectivity index (χ0v) is 11.9. The number of benzene rings is 1. The highest BCUT2D eigenvalue weighted by Gasteiger charge is 2.20. The average molecular weight is 298 g/mol. The first-order chi connectivity index (χ1) is 9.33. The van der Waals surface area contributed by atoms with Gasteiger partial charge >= 0.3 is 0 Å². The quantitative estimate of drug-likeness (QED) is 0.885. The number of sulfonamides is 1. The summed E-state index contributed by atoms with van der Waals surface area (Å²) in [5.41, 5.74) is 6.72. The Labute approximate surface area is 116 Å². The number of aryl methyl sites for hydroxylation is 2. The molecule has 3 N–H and O–H groups in total. The molecule has 0 spiro atoms. The van der Waals surface area contributed by atoms with E-state index in [9.17, 15) is 12.8 Å². The Morgan fingerprint density at radius 2 is 2.15 bits per heavy atom. The second kappa shape index (κ2) is 5.22. The van der Waals surface area contributed by atoms with Gasteiger partial charge in [0.2, 0.25) is 0 Å². The van der Waals surface area contributed by atoms with Crippen LogP contribution < -0.4 is 10.5 Å². The Hall–Kier alpha value is -1.93. The molecule has 2 rings (SSSR count). The van der Waals surface area contributed by atoms with E-state index in [1.807, 2.05) is 0 Å². The Bertz CT molecular complexity index is 740. The van der Waals surface area contributed by atoms with E-state index >= 15 is 0 Å². The van der Waals surface area contributed by atoms with Gasteiger partial charge in [-0.15, -0.1) is 0 Å². The Morgan fingerprint density at radius 1 is 1.45 bits per heavy atom. The predicted molar refractivity (Wildman–Crippen MR) is 73.0 cm³/mol. The highest BCUT2D eigenvalue weighted by atomic mass is 32.2. The molecule has 0 atom stereocenters. The van der Waals surface area contributed by atoms with Crippen LogP contribution in [-0.4, -0.2) is 18.2 Å². The molecule has 0 amide bonds. The predicted octanol–water partition coefficient (Wildman–Crippen LogP) is 1.13. The van der Waals surface area contributed by atoms with Crippen LogP contribution >= 0.6 is 0 Å². The van der Waals surface area contributed by atoms with Gasteiger partial charge in [0.05, 0.1) is 16.3 Å². The third kappa shape index (κ3) is 2.81. The zero-order chi connectivity index (χ0) is 14.9. The van der Waals surface area contributed by atoms with E-state index in [1.54, 1.807) is 14.0 Å². The van der Waals surface area contributed by atoms with Crippen molar-refractivity contribution in [1.29, 1.82) is 0 Å². The lowest BCUT2D eigenvalue weighted by molar-refractivity contribution is 0.593. The minimum absolute atomic E-state index is 0.00252. The van der Waals surface area contributed by atoms with Crippen molar-refractivity contribution in [2.75, 3.05) is 4.72 Å². The minimum Gasteiger partial charge on any atom is -0.326 e. The molecule has 1 aromatic heterocycles. The van der Waals surface area contributed by atoms with Gasteiger partial charge in [-0.2, -0.15) is 5.10 Å². The fraction of sp³-hybridized carbons (Fsp3) is 0.250. The van der Waals surface area contributed by atoms with Gasteiger partial charge in [-0.3, -0.25) is 9.40 Å². The monoisotopic (exact) mass is 298 g/mol. The number of nitrogens with two attached hydrogens (primary N) is 1. The maximum Gasteiger partial charge on any atom is 0.262 e. The van der Waals surface area contributed by atoms with Gasteiger partial charge in [-0.1, -0.05) is 6.07 Å². The van der Waals surface area contributed by atoms with Crippen molar-refractivity contribution >= 4 is 15.7 Å². The fourth-order valence-corrected chi connectivity index (χ4v) is 3.21. The van der Waals surface area contributed by atoms with Crippen molar-refractivity contribution in [3.63, 3.8) is 0 Å². The summed E-state index contributed by atoms with van der Waals surface area (Å²) >= 11 is 0. The lowest BCUT2D eigenvalue weighted by Gasteiger charge is -2.10. The van der Waals surface area contributed by atoms with Crippen molar-refractivity contribution < 1.29 is 12.8 Å². The summed E-state index contributed by atoms with van der Waals surface area (Å²) in [6, 6.07) is 3.49. The number of hydrogen-bond acceptors (Lipinski definition) is 4. The van der Waals surface area contributed by atoms with Gasteiger partial charge in [-0.25, -0.2) is 12.8 Å². The highest BCUT2D eigenvalue weighted by molar-refractivity contribution is 7.92. The standard InChI is InChI=1S/C12H15FN4O2S/c1-8-11(7-17(2)15-8)16-20(18,19)12-5-10(13)4-3-9(12)6-14/h3-5,7,16H,6,14H2,1-2H3. The molecule has 0 bridgehead atoms. The van der Waals surface area contributed by atoms with Crippen molar-refractivity contribution in [3.8, 4) is 0 Å². The summed E-state index contributed by atoms with van der Waals surface area (Å²) in [7, 11) is -2.23. The van der Waals surface area contributed by atoms with E-state index in [1.165, 1.54) is 23.0 Å². The SMILES string of the molecule is Cc1nn(C)cc1NS(=O)(=O)c1cc(F)ccc1CN. The first-order valence-electron chi connectivity index (χ1n) is 5.85. The summed E-state index contributed by atoms with van der Waals surface area (Å²) in [6.45, 7) is 1.68. The lowest BCUT2D eigenvalue weighted by atomic mass is 10.2. The van der Waals surface area contributed by atoms with E-state index in [2.05, 4.69) is 9.82 Å². The van der Waals surface area contributed by atoms with Crippen molar-refractivity contribution in [2.24, 2.45) is 12.8 Å². The van der Waals surface area contributed by atoms with Crippen LogP contribution in [0.25, 0.3) is 0 Å². The van der Waals surface area contributed by atoms with Crippen LogP contribution in [0.3, 0.4) is 0 Å². The minimum atomic E-state index is -3.91. The van der Waals surface area contributed by atoms with Gasteiger partial charge < -0.3 is 5.73 Å². The van der Waals surface area contributed by atoms with Crippen LogP contribution in [0.2, 0.25) is 0 Å². The third-order valence-corrected chi connectivity index (χ3v) is 4.24. The van der Waals surface area contributed by atoms with Gasteiger partial charge in [-0.05, 0) is 24.6 Å². The molecule has 0 fully saturated rings. The molecular formula is C12H15FN4O2S. The molecule has 0 aliphatic heterocycles. The van der Waals surface area contributed by atoms with Crippen molar-refractivity contribution in [3.05, 3.63) is 41.5 Å². The zero-order valence-electron chi connectivity index (χ0n) is 11.1. The summed E-state index contributed by atoms with van der Waals surface area (Å²) in [4.78, 5) is -0.164. The Balaban J connectivity index is 2.45. The lowest BCUT2D eigenvalue weighted by Crippen LogP contribution is -2.17. The van der Waals surface area contributed by atoms with Crippen LogP contribution in [0.4, 0.5) is 10.1 Å². The first kappa shape index (κ1) is 14.5. The van der Waals surface area contributed by atoms with E-state index in [-0.39, 0.29) is 11.4 Å². The molecular weight excluding hydrogens is 283 g/mol.